The number of hydrogen-bond donors (Lipinski definition) is 1. The summed E-state index contributed by atoms with van der Waals surface area (Å²) in [6, 6.07) is 0. The normalized spacial score (nSPS) is 19.3. The standard InChI is InChI=1S/C12H21NO2/c1-4-11-8-7-10(9-14-11)12(5-2)13-15-6-3/h8,13H,4-7,9H2,1-3H3. The van der Waals surface area contributed by atoms with Gasteiger partial charge in [0.15, 0.2) is 0 Å². The highest BCUT2D eigenvalue weighted by Crippen LogP contribution is 2.20. The third-order valence-corrected chi connectivity index (χ3v) is 2.48. The molecule has 0 spiro atoms. The van der Waals surface area contributed by atoms with Crippen LogP contribution in [0.15, 0.2) is 23.1 Å². The summed E-state index contributed by atoms with van der Waals surface area (Å²) in [5.74, 6) is 1.10. The second-order valence-corrected chi connectivity index (χ2v) is 3.49. The van der Waals surface area contributed by atoms with E-state index in [1.54, 1.807) is 0 Å². The van der Waals surface area contributed by atoms with E-state index in [4.69, 9.17) is 9.57 Å². The fraction of sp³-hybridized carbons (Fsp3) is 0.667. The third kappa shape index (κ3) is 3.59. The van der Waals surface area contributed by atoms with Crippen LogP contribution in [0.5, 0.6) is 0 Å². The molecular formula is C12H21NO2. The van der Waals surface area contributed by atoms with Gasteiger partial charge < -0.3 is 4.74 Å². The van der Waals surface area contributed by atoms with Gasteiger partial charge in [-0.2, -0.15) is 0 Å². The Balaban J connectivity index is 2.60. The Morgan fingerprint density at radius 3 is 2.73 bits per heavy atom. The molecule has 1 N–H and O–H groups in total. The fourth-order valence-electron chi connectivity index (χ4n) is 1.55. The van der Waals surface area contributed by atoms with Gasteiger partial charge in [0.1, 0.15) is 6.61 Å². The molecule has 0 aliphatic carbocycles. The predicted molar refractivity (Wildman–Crippen MR) is 61.0 cm³/mol. The Morgan fingerprint density at radius 1 is 1.47 bits per heavy atom. The zero-order valence-electron chi connectivity index (χ0n) is 9.93. The van der Waals surface area contributed by atoms with Crippen LogP contribution in [0.25, 0.3) is 0 Å². The van der Waals surface area contributed by atoms with Gasteiger partial charge in [-0.25, -0.2) is 0 Å². The monoisotopic (exact) mass is 211 g/mol. The maximum absolute atomic E-state index is 5.61. The van der Waals surface area contributed by atoms with Crippen LogP contribution < -0.4 is 5.48 Å². The SMILES string of the molecule is CCONC(CC)=C1CC=C(CC)OC1. The number of ether oxygens (including phenoxy) is 1. The Labute approximate surface area is 92.1 Å². The first kappa shape index (κ1) is 12.1. The van der Waals surface area contributed by atoms with E-state index in [1.165, 1.54) is 5.57 Å². The van der Waals surface area contributed by atoms with Crippen molar-refractivity contribution in [1.82, 2.24) is 5.48 Å². The topological polar surface area (TPSA) is 30.5 Å². The average Bonchev–Trinajstić information content (AvgIpc) is 2.31. The summed E-state index contributed by atoms with van der Waals surface area (Å²) in [7, 11) is 0. The minimum Gasteiger partial charge on any atom is -0.494 e. The summed E-state index contributed by atoms with van der Waals surface area (Å²) in [6.07, 6.45) is 5.07. The van der Waals surface area contributed by atoms with E-state index in [9.17, 15) is 0 Å². The van der Waals surface area contributed by atoms with Crippen molar-refractivity contribution >= 4 is 0 Å². The van der Waals surface area contributed by atoms with Gasteiger partial charge >= 0.3 is 0 Å². The number of hydroxylamine groups is 1. The van der Waals surface area contributed by atoms with Crippen LogP contribution in [-0.2, 0) is 9.57 Å². The molecule has 0 fully saturated rings. The van der Waals surface area contributed by atoms with E-state index in [2.05, 4.69) is 25.4 Å². The van der Waals surface area contributed by atoms with Gasteiger partial charge in [-0.05, 0) is 31.4 Å². The zero-order valence-corrected chi connectivity index (χ0v) is 9.93. The van der Waals surface area contributed by atoms with Crippen molar-refractivity contribution in [2.45, 2.75) is 40.0 Å². The molecule has 0 saturated carbocycles. The van der Waals surface area contributed by atoms with E-state index in [0.29, 0.717) is 13.2 Å². The molecule has 0 bridgehead atoms. The molecule has 0 atom stereocenters. The summed E-state index contributed by atoms with van der Waals surface area (Å²) >= 11 is 0. The molecule has 0 aromatic carbocycles. The summed E-state index contributed by atoms with van der Waals surface area (Å²) in [5, 5.41) is 0. The largest absolute Gasteiger partial charge is 0.494 e. The lowest BCUT2D eigenvalue weighted by molar-refractivity contribution is 0.0692. The molecular weight excluding hydrogens is 190 g/mol. The lowest BCUT2D eigenvalue weighted by Crippen LogP contribution is -2.18. The molecule has 1 aliphatic heterocycles. The van der Waals surface area contributed by atoms with E-state index >= 15 is 0 Å². The molecule has 86 valence electrons. The van der Waals surface area contributed by atoms with Crippen molar-refractivity contribution in [3.05, 3.63) is 23.1 Å². The average molecular weight is 211 g/mol. The molecule has 1 aliphatic rings. The molecule has 0 unspecified atom stereocenters. The van der Waals surface area contributed by atoms with Crippen LogP contribution in [0.4, 0.5) is 0 Å². The summed E-state index contributed by atoms with van der Waals surface area (Å²) in [5.41, 5.74) is 5.44. The first-order valence-corrected chi connectivity index (χ1v) is 5.72. The lowest BCUT2D eigenvalue weighted by atomic mass is 10.1. The number of nitrogens with one attached hydrogen (secondary N) is 1. The molecule has 15 heavy (non-hydrogen) atoms. The smallest absolute Gasteiger partial charge is 0.111 e. The lowest BCUT2D eigenvalue weighted by Gasteiger charge is -2.20. The molecule has 3 nitrogen and oxygen atoms in total. The Morgan fingerprint density at radius 2 is 2.27 bits per heavy atom. The van der Waals surface area contributed by atoms with Gasteiger partial charge in [-0.1, -0.05) is 13.8 Å². The minimum atomic E-state index is 0.674. The summed E-state index contributed by atoms with van der Waals surface area (Å²) in [6.45, 7) is 7.57. The Kier molecular flexibility index (Phi) is 5.26. The van der Waals surface area contributed by atoms with Crippen molar-refractivity contribution in [2.24, 2.45) is 0 Å². The van der Waals surface area contributed by atoms with E-state index in [0.717, 1.165) is 30.7 Å². The second kappa shape index (κ2) is 6.51. The first-order valence-electron chi connectivity index (χ1n) is 5.72. The molecule has 0 saturated heterocycles. The van der Waals surface area contributed by atoms with Gasteiger partial charge in [0.25, 0.3) is 0 Å². The number of rotatable bonds is 5. The number of allylic oxidation sites excluding steroid dienone is 3. The predicted octanol–water partition coefficient (Wildman–Crippen LogP) is 2.91. The highest BCUT2D eigenvalue weighted by molar-refractivity contribution is 5.19. The third-order valence-electron chi connectivity index (χ3n) is 2.48. The minimum absolute atomic E-state index is 0.674. The van der Waals surface area contributed by atoms with Gasteiger partial charge in [0, 0.05) is 12.1 Å². The highest BCUT2D eigenvalue weighted by atomic mass is 16.6. The quantitative estimate of drug-likeness (QED) is 0.709. The molecule has 0 aromatic rings. The van der Waals surface area contributed by atoms with E-state index in [-0.39, 0.29) is 0 Å². The molecule has 1 heterocycles. The Hall–Kier alpha value is -0.960. The van der Waals surface area contributed by atoms with Crippen LogP contribution in [0.3, 0.4) is 0 Å². The van der Waals surface area contributed by atoms with Crippen molar-refractivity contribution in [2.75, 3.05) is 13.2 Å². The van der Waals surface area contributed by atoms with Crippen molar-refractivity contribution < 1.29 is 9.57 Å². The Bertz CT molecular complexity index is 256. The van der Waals surface area contributed by atoms with E-state index in [1.807, 2.05) is 6.92 Å². The molecule has 1 rings (SSSR count). The van der Waals surface area contributed by atoms with Crippen molar-refractivity contribution in [3.63, 3.8) is 0 Å². The molecule has 0 amide bonds. The zero-order chi connectivity index (χ0) is 11.1. The maximum atomic E-state index is 5.61. The van der Waals surface area contributed by atoms with Crippen LogP contribution in [0.1, 0.15) is 40.0 Å². The molecule has 0 radical (unpaired) electrons. The van der Waals surface area contributed by atoms with Gasteiger partial charge in [0.05, 0.1) is 12.4 Å². The second-order valence-electron chi connectivity index (χ2n) is 3.49. The highest BCUT2D eigenvalue weighted by Gasteiger charge is 2.11. The van der Waals surface area contributed by atoms with Gasteiger partial charge in [-0.15, -0.1) is 0 Å². The summed E-state index contributed by atoms with van der Waals surface area (Å²) < 4.78 is 5.61. The van der Waals surface area contributed by atoms with Crippen LogP contribution in [-0.4, -0.2) is 13.2 Å². The van der Waals surface area contributed by atoms with E-state index < -0.39 is 0 Å². The number of hydrogen-bond acceptors (Lipinski definition) is 3. The fourth-order valence-corrected chi connectivity index (χ4v) is 1.55. The van der Waals surface area contributed by atoms with Crippen LogP contribution >= 0.6 is 0 Å². The summed E-state index contributed by atoms with van der Waals surface area (Å²) in [4.78, 5) is 5.21. The van der Waals surface area contributed by atoms with Crippen molar-refractivity contribution in [1.29, 1.82) is 0 Å². The van der Waals surface area contributed by atoms with Crippen LogP contribution in [0, 0.1) is 0 Å². The molecule has 3 heteroatoms. The van der Waals surface area contributed by atoms with Gasteiger partial charge in [-0.3, -0.25) is 10.3 Å². The first-order chi connectivity index (χ1) is 7.31. The van der Waals surface area contributed by atoms with Crippen LogP contribution in [0.2, 0.25) is 0 Å². The van der Waals surface area contributed by atoms with Gasteiger partial charge in [0.2, 0.25) is 0 Å². The maximum Gasteiger partial charge on any atom is 0.111 e. The molecule has 0 aromatic heterocycles. The van der Waals surface area contributed by atoms with Crippen molar-refractivity contribution in [3.8, 4) is 0 Å².